The van der Waals surface area contributed by atoms with E-state index < -0.39 is 5.97 Å². The molecule has 0 fully saturated rings. The van der Waals surface area contributed by atoms with Crippen molar-refractivity contribution in [1.82, 2.24) is 0 Å². The van der Waals surface area contributed by atoms with Crippen molar-refractivity contribution in [1.29, 1.82) is 0 Å². The Kier molecular flexibility index (Phi) is 3.96. The van der Waals surface area contributed by atoms with Gasteiger partial charge in [-0.05, 0) is 24.1 Å². The summed E-state index contributed by atoms with van der Waals surface area (Å²) in [7, 11) is 1.51. The monoisotopic (exact) mass is 218 g/mol. The molecule has 0 aromatic heterocycles. The first kappa shape index (κ1) is 12.1. The molecule has 3 nitrogen and oxygen atoms in total. The summed E-state index contributed by atoms with van der Waals surface area (Å²) in [6, 6.07) is 3.25. The predicted octanol–water partition coefficient (Wildman–Crippen LogP) is 2.33. The fraction of sp³-hybridized carbons (Fsp3) is 0.308. The third-order valence-electron chi connectivity index (χ3n) is 2.32. The molecule has 0 unspecified atom stereocenters. The van der Waals surface area contributed by atoms with Crippen LogP contribution in [0, 0.1) is 12.3 Å². The van der Waals surface area contributed by atoms with Crippen LogP contribution in [0.5, 0.6) is 5.75 Å². The average Bonchev–Trinajstić information content (AvgIpc) is 2.28. The first-order chi connectivity index (χ1) is 7.63. The maximum Gasteiger partial charge on any atom is 0.337 e. The standard InChI is InChI=1S/C13H14O3/c1-4-6-9-7-10(16-3)8-12(13(14)15)11(9)5-2/h2,7-8H,4,6H2,1,3H3,(H,14,15). The van der Waals surface area contributed by atoms with Crippen LogP contribution in [0.3, 0.4) is 0 Å². The Bertz CT molecular complexity index is 441. The molecule has 0 amide bonds. The Morgan fingerprint density at radius 3 is 2.69 bits per heavy atom. The Hall–Kier alpha value is -1.95. The number of methoxy groups -OCH3 is 1. The molecule has 0 aliphatic carbocycles. The van der Waals surface area contributed by atoms with Gasteiger partial charge in [-0.1, -0.05) is 19.3 Å². The summed E-state index contributed by atoms with van der Waals surface area (Å²) in [4.78, 5) is 11.1. The van der Waals surface area contributed by atoms with E-state index >= 15 is 0 Å². The number of terminal acetylenes is 1. The molecule has 0 saturated heterocycles. The van der Waals surface area contributed by atoms with Gasteiger partial charge >= 0.3 is 5.97 Å². The zero-order valence-corrected chi connectivity index (χ0v) is 9.41. The molecule has 84 valence electrons. The summed E-state index contributed by atoms with van der Waals surface area (Å²) in [5.74, 6) is 1.95. The van der Waals surface area contributed by atoms with Crippen LogP contribution >= 0.6 is 0 Å². The molecule has 0 atom stereocenters. The van der Waals surface area contributed by atoms with Crippen molar-refractivity contribution in [2.24, 2.45) is 0 Å². The molecule has 0 radical (unpaired) electrons. The quantitative estimate of drug-likeness (QED) is 0.789. The highest BCUT2D eigenvalue weighted by molar-refractivity contribution is 5.91. The Balaban J connectivity index is 3.41. The Morgan fingerprint density at radius 1 is 1.56 bits per heavy atom. The summed E-state index contributed by atoms with van der Waals surface area (Å²) < 4.78 is 5.06. The van der Waals surface area contributed by atoms with Gasteiger partial charge in [-0.15, -0.1) is 6.42 Å². The molecule has 0 aliphatic rings. The lowest BCUT2D eigenvalue weighted by molar-refractivity contribution is 0.0696. The van der Waals surface area contributed by atoms with E-state index in [1.165, 1.54) is 13.2 Å². The van der Waals surface area contributed by atoms with Gasteiger partial charge in [-0.25, -0.2) is 4.79 Å². The summed E-state index contributed by atoms with van der Waals surface area (Å²) in [5, 5.41) is 9.06. The highest BCUT2D eigenvalue weighted by Crippen LogP contribution is 2.23. The number of hydrogen-bond acceptors (Lipinski definition) is 2. The number of aromatic carboxylic acids is 1. The molecule has 1 aromatic rings. The normalized spacial score (nSPS) is 9.56. The van der Waals surface area contributed by atoms with Crippen molar-refractivity contribution in [3.8, 4) is 18.1 Å². The Morgan fingerprint density at radius 2 is 2.25 bits per heavy atom. The maximum absolute atomic E-state index is 11.1. The van der Waals surface area contributed by atoms with Gasteiger partial charge < -0.3 is 9.84 Å². The first-order valence-electron chi connectivity index (χ1n) is 5.04. The summed E-state index contributed by atoms with van der Waals surface area (Å²) in [6.45, 7) is 2.01. The number of carboxylic acids is 1. The van der Waals surface area contributed by atoms with Crippen LogP contribution in [0.4, 0.5) is 0 Å². The molecule has 0 aliphatic heterocycles. The van der Waals surface area contributed by atoms with Gasteiger partial charge in [0.2, 0.25) is 0 Å². The molecule has 0 spiro atoms. The minimum Gasteiger partial charge on any atom is -0.497 e. The molecule has 1 rings (SSSR count). The van der Waals surface area contributed by atoms with Crippen LogP contribution in [0.1, 0.15) is 34.8 Å². The zero-order chi connectivity index (χ0) is 12.1. The molecule has 1 N–H and O–H groups in total. The van der Waals surface area contributed by atoms with Gasteiger partial charge in [-0.2, -0.15) is 0 Å². The van der Waals surface area contributed by atoms with Crippen molar-refractivity contribution in [2.45, 2.75) is 19.8 Å². The third-order valence-corrected chi connectivity index (χ3v) is 2.32. The van der Waals surface area contributed by atoms with E-state index in [1.54, 1.807) is 6.07 Å². The third kappa shape index (κ3) is 2.34. The zero-order valence-electron chi connectivity index (χ0n) is 9.41. The number of rotatable bonds is 4. The van der Waals surface area contributed by atoms with Crippen LogP contribution in [-0.2, 0) is 6.42 Å². The maximum atomic E-state index is 11.1. The summed E-state index contributed by atoms with van der Waals surface area (Å²) in [6.07, 6.45) is 7.01. The smallest absolute Gasteiger partial charge is 0.337 e. The molecular formula is C13H14O3. The van der Waals surface area contributed by atoms with E-state index in [0.29, 0.717) is 11.3 Å². The fourth-order valence-corrected chi connectivity index (χ4v) is 1.60. The molecule has 16 heavy (non-hydrogen) atoms. The lowest BCUT2D eigenvalue weighted by atomic mass is 9.98. The van der Waals surface area contributed by atoms with Gasteiger partial charge in [0.15, 0.2) is 0 Å². The first-order valence-corrected chi connectivity index (χ1v) is 5.04. The minimum atomic E-state index is -1.02. The van der Waals surface area contributed by atoms with Crippen LogP contribution < -0.4 is 4.74 Å². The van der Waals surface area contributed by atoms with Gasteiger partial charge in [-0.3, -0.25) is 0 Å². The van der Waals surface area contributed by atoms with E-state index in [1.807, 2.05) is 6.92 Å². The van der Waals surface area contributed by atoms with Crippen LogP contribution in [0.2, 0.25) is 0 Å². The van der Waals surface area contributed by atoms with Crippen molar-refractivity contribution in [3.05, 3.63) is 28.8 Å². The molecule has 3 heteroatoms. The van der Waals surface area contributed by atoms with Gasteiger partial charge in [0.25, 0.3) is 0 Å². The second kappa shape index (κ2) is 5.22. The van der Waals surface area contributed by atoms with Crippen molar-refractivity contribution >= 4 is 5.97 Å². The van der Waals surface area contributed by atoms with Gasteiger partial charge in [0, 0.05) is 5.56 Å². The van der Waals surface area contributed by atoms with Gasteiger partial charge in [0.1, 0.15) is 5.75 Å². The molecule has 0 heterocycles. The molecule has 0 bridgehead atoms. The van der Waals surface area contributed by atoms with Crippen molar-refractivity contribution in [2.75, 3.05) is 7.11 Å². The van der Waals surface area contributed by atoms with E-state index in [-0.39, 0.29) is 5.56 Å². The number of carbonyl (C=O) groups is 1. The second-order valence-corrected chi connectivity index (χ2v) is 3.41. The number of carboxylic acid groups (broad SMARTS) is 1. The van der Waals surface area contributed by atoms with Crippen LogP contribution in [-0.4, -0.2) is 18.2 Å². The number of benzene rings is 1. The molecular weight excluding hydrogens is 204 g/mol. The average molecular weight is 218 g/mol. The number of hydrogen-bond donors (Lipinski definition) is 1. The Labute approximate surface area is 95.1 Å². The fourth-order valence-electron chi connectivity index (χ4n) is 1.60. The van der Waals surface area contributed by atoms with E-state index in [4.69, 9.17) is 16.3 Å². The topological polar surface area (TPSA) is 46.5 Å². The van der Waals surface area contributed by atoms with E-state index in [2.05, 4.69) is 5.92 Å². The predicted molar refractivity (Wildman–Crippen MR) is 61.9 cm³/mol. The summed E-state index contributed by atoms with van der Waals surface area (Å²) >= 11 is 0. The number of ether oxygens (including phenoxy) is 1. The van der Waals surface area contributed by atoms with Crippen LogP contribution in [0.15, 0.2) is 12.1 Å². The molecule has 1 aromatic carbocycles. The second-order valence-electron chi connectivity index (χ2n) is 3.41. The highest BCUT2D eigenvalue weighted by atomic mass is 16.5. The lowest BCUT2D eigenvalue weighted by Crippen LogP contribution is -2.04. The lowest BCUT2D eigenvalue weighted by Gasteiger charge is -2.10. The minimum absolute atomic E-state index is 0.130. The van der Waals surface area contributed by atoms with Gasteiger partial charge in [0.05, 0.1) is 12.7 Å². The highest BCUT2D eigenvalue weighted by Gasteiger charge is 2.14. The van der Waals surface area contributed by atoms with E-state index in [9.17, 15) is 4.79 Å². The van der Waals surface area contributed by atoms with Crippen molar-refractivity contribution in [3.63, 3.8) is 0 Å². The number of aryl methyl sites for hydroxylation is 1. The van der Waals surface area contributed by atoms with Crippen molar-refractivity contribution < 1.29 is 14.6 Å². The molecule has 0 saturated carbocycles. The van der Waals surface area contributed by atoms with Crippen LogP contribution in [0.25, 0.3) is 0 Å². The largest absolute Gasteiger partial charge is 0.497 e. The van der Waals surface area contributed by atoms with E-state index in [0.717, 1.165) is 18.4 Å². The SMILES string of the molecule is C#Cc1c(CCC)cc(OC)cc1C(=O)O. The summed E-state index contributed by atoms with van der Waals surface area (Å²) in [5.41, 5.74) is 1.43.